The first-order valence-electron chi connectivity index (χ1n) is 6.81. The lowest BCUT2D eigenvalue weighted by atomic mass is 10.1. The number of nitrogens with zero attached hydrogens (tertiary/aromatic N) is 3. The van der Waals surface area contributed by atoms with Gasteiger partial charge in [0, 0.05) is 24.0 Å². The van der Waals surface area contributed by atoms with Gasteiger partial charge in [0.05, 0.1) is 0 Å². The predicted octanol–water partition coefficient (Wildman–Crippen LogP) is 3.02. The van der Waals surface area contributed by atoms with Crippen molar-refractivity contribution in [1.29, 1.82) is 0 Å². The molecule has 1 aliphatic rings. The Morgan fingerprint density at radius 3 is 2.84 bits per heavy atom. The summed E-state index contributed by atoms with van der Waals surface area (Å²) in [6, 6.07) is 6.44. The molecule has 3 heterocycles. The van der Waals surface area contributed by atoms with Crippen LogP contribution in [0.15, 0.2) is 24.5 Å². The molecule has 2 aromatic heterocycles. The summed E-state index contributed by atoms with van der Waals surface area (Å²) in [7, 11) is 0. The smallest absolute Gasteiger partial charge is 0.156 e. The van der Waals surface area contributed by atoms with E-state index >= 15 is 0 Å². The van der Waals surface area contributed by atoms with Crippen molar-refractivity contribution in [3.8, 4) is 0 Å². The van der Waals surface area contributed by atoms with Crippen LogP contribution in [0, 0.1) is 6.92 Å². The number of nitrogens with one attached hydrogen (secondary N) is 1. The fraction of sp³-hybridized carbons (Fsp3) is 0.333. The van der Waals surface area contributed by atoms with Crippen molar-refractivity contribution in [1.82, 2.24) is 15.0 Å². The lowest BCUT2D eigenvalue weighted by molar-refractivity contribution is 0.937. The zero-order valence-electron chi connectivity index (χ0n) is 11.0. The second-order valence-electron chi connectivity index (χ2n) is 5.29. The van der Waals surface area contributed by atoms with E-state index in [2.05, 4.69) is 45.0 Å². The summed E-state index contributed by atoms with van der Waals surface area (Å²) in [5, 5.41) is 1.19. The number of benzene rings is 1. The maximum Gasteiger partial charge on any atom is 0.156 e. The molecule has 0 spiro atoms. The Balaban J connectivity index is 2.02. The summed E-state index contributed by atoms with van der Waals surface area (Å²) < 4.78 is 0. The summed E-state index contributed by atoms with van der Waals surface area (Å²) >= 11 is 0. The molecule has 0 unspecified atom stereocenters. The molecule has 0 amide bonds. The van der Waals surface area contributed by atoms with Gasteiger partial charge in [0.15, 0.2) is 5.82 Å². The zero-order valence-corrected chi connectivity index (χ0v) is 11.0. The van der Waals surface area contributed by atoms with E-state index in [0.717, 1.165) is 35.5 Å². The molecule has 96 valence electrons. The Kier molecular flexibility index (Phi) is 2.24. The van der Waals surface area contributed by atoms with E-state index < -0.39 is 0 Å². The third-order valence-corrected chi connectivity index (χ3v) is 3.92. The van der Waals surface area contributed by atoms with Crippen molar-refractivity contribution in [3.63, 3.8) is 0 Å². The van der Waals surface area contributed by atoms with Crippen molar-refractivity contribution in [3.05, 3.63) is 30.1 Å². The van der Waals surface area contributed by atoms with Crippen LogP contribution in [0.3, 0.4) is 0 Å². The molecule has 0 atom stereocenters. The van der Waals surface area contributed by atoms with Crippen LogP contribution in [0.1, 0.15) is 18.4 Å². The first kappa shape index (κ1) is 10.8. The molecule has 1 fully saturated rings. The summed E-state index contributed by atoms with van der Waals surface area (Å²) in [5.74, 6) is 1.05. The maximum atomic E-state index is 4.49. The number of rotatable bonds is 1. The highest BCUT2D eigenvalue weighted by Crippen LogP contribution is 2.30. The van der Waals surface area contributed by atoms with Crippen molar-refractivity contribution in [2.75, 3.05) is 18.0 Å². The maximum absolute atomic E-state index is 4.49. The van der Waals surface area contributed by atoms with Crippen LogP contribution in [0.25, 0.3) is 21.9 Å². The lowest BCUT2D eigenvalue weighted by Crippen LogP contribution is -2.19. The van der Waals surface area contributed by atoms with Crippen LogP contribution in [0.5, 0.6) is 0 Å². The van der Waals surface area contributed by atoms with Gasteiger partial charge in [-0.15, -0.1) is 0 Å². The largest absolute Gasteiger partial charge is 0.355 e. The molecular weight excluding hydrogens is 236 g/mol. The van der Waals surface area contributed by atoms with Crippen LogP contribution < -0.4 is 4.90 Å². The number of aromatic nitrogens is 3. The fourth-order valence-electron chi connectivity index (χ4n) is 2.96. The second-order valence-corrected chi connectivity index (χ2v) is 5.29. The molecular formula is C15H16N4. The van der Waals surface area contributed by atoms with Crippen molar-refractivity contribution >= 4 is 27.8 Å². The van der Waals surface area contributed by atoms with Gasteiger partial charge in [0.1, 0.15) is 17.4 Å². The Morgan fingerprint density at radius 1 is 1.16 bits per heavy atom. The van der Waals surface area contributed by atoms with Gasteiger partial charge in [0.2, 0.25) is 0 Å². The number of aromatic amines is 1. The van der Waals surface area contributed by atoms with E-state index in [1.54, 1.807) is 6.33 Å². The highest BCUT2D eigenvalue weighted by molar-refractivity contribution is 6.08. The molecule has 4 nitrogen and oxygen atoms in total. The van der Waals surface area contributed by atoms with Gasteiger partial charge in [-0.1, -0.05) is 11.6 Å². The van der Waals surface area contributed by atoms with E-state index in [1.165, 1.54) is 23.8 Å². The molecule has 3 aromatic rings. The normalized spacial score (nSPS) is 15.7. The fourth-order valence-corrected chi connectivity index (χ4v) is 2.96. The number of hydrogen-bond acceptors (Lipinski definition) is 3. The monoisotopic (exact) mass is 252 g/mol. The third kappa shape index (κ3) is 1.59. The molecule has 0 saturated carbocycles. The summed E-state index contributed by atoms with van der Waals surface area (Å²) in [5.41, 5.74) is 4.51. The minimum Gasteiger partial charge on any atom is -0.355 e. The predicted molar refractivity (Wildman–Crippen MR) is 77.6 cm³/mol. The molecule has 1 aliphatic heterocycles. The molecule has 1 aromatic carbocycles. The number of aryl methyl sites for hydroxylation is 1. The van der Waals surface area contributed by atoms with Gasteiger partial charge in [-0.3, -0.25) is 0 Å². The molecule has 4 rings (SSSR count). The number of anilines is 1. The quantitative estimate of drug-likeness (QED) is 0.724. The van der Waals surface area contributed by atoms with E-state index in [9.17, 15) is 0 Å². The molecule has 0 radical (unpaired) electrons. The van der Waals surface area contributed by atoms with Gasteiger partial charge in [0.25, 0.3) is 0 Å². The Morgan fingerprint density at radius 2 is 2.00 bits per heavy atom. The van der Waals surface area contributed by atoms with E-state index in [0.29, 0.717) is 0 Å². The molecule has 19 heavy (non-hydrogen) atoms. The second kappa shape index (κ2) is 3.95. The minimum absolute atomic E-state index is 1.04. The van der Waals surface area contributed by atoms with Crippen LogP contribution in [0.2, 0.25) is 0 Å². The average molecular weight is 252 g/mol. The summed E-state index contributed by atoms with van der Waals surface area (Å²) in [4.78, 5) is 14.8. The van der Waals surface area contributed by atoms with Crippen molar-refractivity contribution in [2.45, 2.75) is 19.8 Å². The van der Waals surface area contributed by atoms with Crippen molar-refractivity contribution in [2.24, 2.45) is 0 Å². The summed E-state index contributed by atoms with van der Waals surface area (Å²) in [6.45, 7) is 4.31. The van der Waals surface area contributed by atoms with Gasteiger partial charge < -0.3 is 9.88 Å². The van der Waals surface area contributed by atoms with Gasteiger partial charge >= 0.3 is 0 Å². The van der Waals surface area contributed by atoms with E-state index in [-0.39, 0.29) is 0 Å². The van der Waals surface area contributed by atoms with E-state index in [1.807, 2.05) is 0 Å². The topological polar surface area (TPSA) is 44.8 Å². The average Bonchev–Trinajstić information content (AvgIpc) is 3.05. The Bertz CT molecular complexity index is 753. The van der Waals surface area contributed by atoms with Crippen LogP contribution >= 0.6 is 0 Å². The van der Waals surface area contributed by atoms with Crippen LogP contribution in [-0.4, -0.2) is 28.0 Å². The number of fused-ring (bicyclic) bond motifs is 3. The van der Waals surface area contributed by atoms with Gasteiger partial charge in [-0.05, 0) is 31.9 Å². The van der Waals surface area contributed by atoms with Crippen molar-refractivity contribution < 1.29 is 0 Å². The van der Waals surface area contributed by atoms with Gasteiger partial charge in [-0.25, -0.2) is 9.97 Å². The molecule has 1 N–H and O–H groups in total. The molecule has 0 aliphatic carbocycles. The standard InChI is InChI=1S/C15H16N4/c1-10-4-5-12-11(8-10)13-14(18-12)15(17-9-16-13)19-6-2-3-7-19/h4-5,8-9,18H,2-3,6-7H2,1H3. The number of H-pyrrole nitrogens is 1. The minimum atomic E-state index is 1.04. The molecule has 4 heteroatoms. The summed E-state index contributed by atoms with van der Waals surface area (Å²) in [6.07, 6.45) is 4.20. The highest BCUT2D eigenvalue weighted by Gasteiger charge is 2.18. The van der Waals surface area contributed by atoms with Gasteiger partial charge in [-0.2, -0.15) is 0 Å². The van der Waals surface area contributed by atoms with Crippen LogP contribution in [0.4, 0.5) is 5.82 Å². The molecule has 0 bridgehead atoms. The highest BCUT2D eigenvalue weighted by atomic mass is 15.2. The first-order valence-corrected chi connectivity index (χ1v) is 6.81. The molecule has 1 saturated heterocycles. The Hall–Kier alpha value is -2.10. The third-order valence-electron chi connectivity index (χ3n) is 3.92. The lowest BCUT2D eigenvalue weighted by Gasteiger charge is -2.16. The van der Waals surface area contributed by atoms with E-state index in [4.69, 9.17) is 0 Å². The first-order chi connectivity index (χ1) is 9.33. The number of hydrogen-bond donors (Lipinski definition) is 1. The Labute approximate surface area is 111 Å². The van der Waals surface area contributed by atoms with Crippen LogP contribution in [-0.2, 0) is 0 Å². The zero-order chi connectivity index (χ0) is 12.8. The SMILES string of the molecule is Cc1ccc2[nH]c3c(N4CCCC4)ncnc3c2c1.